The summed E-state index contributed by atoms with van der Waals surface area (Å²) in [5, 5.41) is 0. The largest absolute Gasteiger partial charge is 0.489 e. The van der Waals surface area contributed by atoms with E-state index < -0.39 is 0 Å². The van der Waals surface area contributed by atoms with Crippen molar-refractivity contribution in [2.45, 2.75) is 6.61 Å². The Hall–Kier alpha value is -2.92. The number of ketones is 1. The van der Waals surface area contributed by atoms with Crippen molar-refractivity contribution in [2.75, 3.05) is 0 Å². The van der Waals surface area contributed by atoms with E-state index in [2.05, 4.69) is 15.9 Å². The van der Waals surface area contributed by atoms with Crippen LogP contribution in [0.15, 0.2) is 77.0 Å². The van der Waals surface area contributed by atoms with Crippen LogP contribution in [0.3, 0.4) is 0 Å². The summed E-state index contributed by atoms with van der Waals surface area (Å²) in [6, 6.07) is 18.9. The number of halogens is 2. The average Bonchev–Trinajstić information content (AvgIpc) is 2.96. The van der Waals surface area contributed by atoms with Gasteiger partial charge in [0.05, 0.1) is 5.56 Å². The average molecular weight is 425 g/mol. The number of carbonyl (C=O) groups excluding carboxylic acids is 1. The molecule has 27 heavy (non-hydrogen) atoms. The van der Waals surface area contributed by atoms with Crippen LogP contribution in [-0.4, -0.2) is 5.78 Å². The molecule has 1 aliphatic heterocycles. The van der Waals surface area contributed by atoms with Crippen LogP contribution in [0, 0.1) is 5.82 Å². The Labute approximate surface area is 164 Å². The van der Waals surface area contributed by atoms with Crippen LogP contribution >= 0.6 is 15.9 Å². The zero-order chi connectivity index (χ0) is 18.8. The van der Waals surface area contributed by atoms with Crippen LogP contribution in [0.25, 0.3) is 6.08 Å². The minimum absolute atomic E-state index is 0.167. The molecule has 5 heteroatoms. The Morgan fingerprint density at radius 1 is 1.04 bits per heavy atom. The number of benzene rings is 3. The molecule has 0 spiro atoms. The fourth-order valence-corrected chi connectivity index (χ4v) is 3.02. The molecule has 3 nitrogen and oxygen atoms in total. The monoisotopic (exact) mass is 424 g/mol. The molecular weight excluding hydrogens is 411 g/mol. The van der Waals surface area contributed by atoms with E-state index in [1.54, 1.807) is 30.3 Å². The second kappa shape index (κ2) is 7.37. The molecule has 3 aromatic rings. The molecule has 0 saturated heterocycles. The van der Waals surface area contributed by atoms with Gasteiger partial charge in [-0.05, 0) is 53.6 Å². The van der Waals surface area contributed by atoms with Gasteiger partial charge in [0.15, 0.2) is 5.76 Å². The topological polar surface area (TPSA) is 35.5 Å². The highest BCUT2D eigenvalue weighted by atomic mass is 79.9. The van der Waals surface area contributed by atoms with E-state index in [1.165, 1.54) is 18.2 Å². The lowest BCUT2D eigenvalue weighted by Crippen LogP contribution is -1.98. The highest BCUT2D eigenvalue weighted by Gasteiger charge is 2.27. The Morgan fingerprint density at radius 2 is 1.85 bits per heavy atom. The number of rotatable bonds is 4. The number of ether oxygens (including phenoxy) is 2. The first-order valence-electron chi connectivity index (χ1n) is 8.29. The van der Waals surface area contributed by atoms with Crippen molar-refractivity contribution in [3.05, 3.63) is 99.5 Å². The van der Waals surface area contributed by atoms with Gasteiger partial charge in [-0.1, -0.05) is 40.2 Å². The van der Waals surface area contributed by atoms with E-state index >= 15 is 0 Å². The molecule has 3 aromatic carbocycles. The third kappa shape index (κ3) is 3.93. The van der Waals surface area contributed by atoms with Crippen molar-refractivity contribution >= 4 is 27.8 Å². The maximum absolute atomic E-state index is 13.3. The zero-order valence-electron chi connectivity index (χ0n) is 14.1. The first kappa shape index (κ1) is 17.5. The number of hydrogen-bond acceptors (Lipinski definition) is 3. The van der Waals surface area contributed by atoms with E-state index in [1.807, 2.05) is 24.3 Å². The summed E-state index contributed by atoms with van der Waals surface area (Å²) in [5.74, 6) is 0.623. The second-order valence-electron chi connectivity index (χ2n) is 6.07. The molecule has 0 aliphatic carbocycles. The van der Waals surface area contributed by atoms with E-state index in [0.717, 1.165) is 10.0 Å². The molecule has 0 amide bonds. The Bertz CT molecular complexity index is 1040. The standard InChI is InChI=1S/C22H14BrFO3/c23-16-6-4-14(5-7-16)13-26-18-8-9-19-20(12-18)27-21(22(19)25)11-15-2-1-3-17(24)10-15/h1-12H,13H2/b21-11-. The molecule has 134 valence electrons. The van der Waals surface area contributed by atoms with E-state index in [4.69, 9.17) is 9.47 Å². The summed E-state index contributed by atoms with van der Waals surface area (Å²) < 4.78 is 25.8. The maximum atomic E-state index is 13.3. The molecule has 0 atom stereocenters. The maximum Gasteiger partial charge on any atom is 0.231 e. The smallest absolute Gasteiger partial charge is 0.231 e. The van der Waals surface area contributed by atoms with Gasteiger partial charge < -0.3 is 9.47 Å². The lowest BCUT2D eigenvalue weighted by atomic mass is 10.1. The quantitative estimate of drug-likeness (QED) is 0.497. The zero-order valence-corrected chi connectivity index (χ0v) is 15.7. The predicted molar refractivity (Wildman–Crippen MR) is 104 cm³/mol. The molecule has 4 rings (SSSR count). The third-order valence-electron chi connectivity index (χ3n) is 4.11. The lowest BCUT2D eigenvalue weighted by Gasteiger charge is -2.07. The Kier molecular flexibility index (Phi) is 4.77. The van der Waals surface area contributed by atoms with Crippen molar-refractivity contribution < 1.29 is 18.7 Å². The van der Waals surface area contributed by atoms with Crippen LogP contribution < -0.4 is 9.47 Å². The summed E-state index contributed by atoms with van der Waals surface area (Å²) in [6.07, 6.45) is 1.54. The summed E-state index contributed by atoms with van der Waals surface area (Å²) >= 11 is 3.40. The summed E-state index contributed by atoms with van der Waals surface area (Å²) in [7, 11) is 0. The Morgan fingerprint density at radius 3 is 2.63 bits per heavy atom. The fourth-order valence-electron chi connectivity index (χ4n) is 2.75. The molecular formula is C22H14BrFO3. The van der Waals surface area contributed by atoms with Gasteiger partial charge in [-0.3, -0.25) is 4.79 Å². The number of fused-ring (bicyclic) bond motifs is 1. The van der Waals surface area contributed by atoms with E-state index in [0.29, 0.717) is 29.2 Å². The van der Waals surface area contributed by atoms with Crippen LogP contribution in [-0.2, 0) is 6.61 Å². The molecule has 0 unspecified atom stereocenters. The SMILES string of the molecule is O=C1/C(=C/c2cccc(F)c2)Oc2cc(OCc3ccc(Br)cc3)ccc21. The van der Waals surface area contributed by atoms with Gasteiger partial charge in [-0.25, -0.2) is 4.39 Å². The van der Waals surface area contributed by atoms with Crippen LogP contribution in [0.1, 0.15) is 21.5 Å². The summed E-state index contributed by atoms with van der Waals surface area (Å²) in [6.45, 7) is 0.409. The van der Waals surface area contributed by atoms with Crippen molar-refractivity contribution in [1.29, 1.82) is 0 Å². The molecule has 1 aliphatic rings. The van der Waals surface area contributed by atoms with Gasteiger partial charge in [0.2, 0.25) is 5.78 Å². The van der Waals surface area contributed by atoms with Crippen LogP contribution in [0.2, 0.25) is 0 Å². The van der Waals surface area contributed by atoms with Gasteiger partial charge in [0.1, 0.15) is 23.9 Å². The Balaban J connectivity index is 1.51. The number of Topliss-reactive ketones (excluding diaryl/α,β-unsaturated/α-hetero) is 1. The van der Waals surface area contributed by atoms with Crippen molar-refractivity contribution in [1.82, 2.24) is 0 Å². The second-order valence-corrected chi connectivity index (χ2v) is 6.98. The van der Waals surface area contributed by atoms with Crippen LogP contribution in [0.5, 0.6) is 11.5 Å². The number of carbonyl (C=O) groups is 1. The molecule has 0 bridgehead atoms. The number of allylic oxidation sites excluding steroid dienone is 1. The molecule has 0 saturated carbocycles. The van der Waals surface area contributed by atoms with Crippen molar-refractivity contribution in [2.24, 2.45) is 0 Å². The van der Waals surface area contributed by atoms with Crippen molar-refractivity contribution in [3.8, 4) is 11.5 Å². The summed E-state index contributed by atoms with van der Waals surface area (Å²) in [4.78, 5) is 12.5. The molecule has 0 aromatic heterocycles. The minimum atomic E-state index is -0.365. The highest BCUT2D eigenvalue weighted by Crippen LogP contribution is 2.35. The normalized spacial score (nSPS) is 14.1. The number of hydrogen-bond donors (Lipinski definition) is 0. The van der Waals surface area contributed by atoms with E-state index in [9.17, 15) is 9.18 Å². The summed E-state index contributed by atoms with van der Waals surface area (Å²) in [5.41, 5.74) is 2.06. The molecule has 0 radical (unpaired) electrons. The van der Waals surface area contributed by atoms with Gasteiger partial charge in [0, 0.05) is 10.5 Å². The first-order chi connectivity index (χ1) is 13.1. The van der Waals surface area contributed by atoms with Gasteiger partial charge in [-0.15, -0.1) is 0 Å². The van der Waals surface area contributed by atoms with E-state index in [-0.39, 0.29) is 17.4 Å². The van der Waals surface area contributed by atoms with Gasteiger partial charge >= 0.3 is 0 Å². The highest BCUT2D eigenvalue weighted by molar-refractivity contribution is 9.10. The van der Waals surface area contributed by atoms with Gasteiger partial charge in [0.25, 0.3) is 0 Å². The molecule has 1 heterocycles. The predicted octanol–water partition coefficient (Wildman–Crippen LogP) is 5.78. The van der Waals surface area contributed by atoms with Crippen LogP contribution in [0.4, 0.5) is 4.39 Å². The third-order valence-corrected chi connectivity index (χ3v) is 4.64. The first-order valence-corrected chi connectivity index (χ1v) is 9.09. The van der Waals surface area contributed by atoms with Gasteiger partial charge in [-0.2, -0.15) is 0 Å². The lowest BCUT2D eigenvalue weighted by molar-refractivity contribution is 0.101. The fraction of sp³-hybridized carbons (Fsp3) is 0.0455. The van der Waals surface area contributed by atoms with Crippen molar-refractivity contribution in [3.63, 3.8) is 0 Å². The molecule has 0 fully saturated rings. The molecule has 0 N–H and O–H groups in total. The minimum Gasteiger partial charge on any atom is -0.489 e.